The molecule has 5 aliphatic rings. The van der Waals surface area contributed by atoms with Crippen molar-refractivity contribution < 1.29 is 14.3 Å². The summed E-state index contributed by atoms with van der Waals surface area (Å²) in [6, 6.07) is 5.34. The van der Waals surface area contributed by atoms with E-state index in [4.69, 9.17) is 15.7 Å². The van der Waals surface area contributed by atoms with Crippen LogP contribution in [-0.4, -0.2) is 52.3 Å². The molecule has 2 amide bonds. The van der Waals surface area contributed by atoms with Crippen LogP contribution in [0.2, 0.25) is 0 Å². The molecule has 1 aromatic rings. The van der Waals surface area contributed by atoms with Crippen LogP contribution in [0.5, 0.6) is 0 Å². The van der Waals surface area contributed by atoms with E-state index in [0.29, 0.717) is 24.8 Å². The van der Waals surface area contributed by atoms with Gasteiger partial charge in [-0.1, -0.05) is 0 Å². The predicted molar refractivity (Wildman–Crippen MR) is 106 cm³/mol. The number of nitriles is 1. The first kappa shape index (κ1) is 19.1. The largest absolute Gasteiger partial charge is 0.446 e. The molecular weight excluding hydrogens is 384 g/mol. The highest BCUT2D eigenvalue weighted by Gasteiger charge is 2.59. The molecule has 4 bridgehead atoms. The fraction of sp³-hybridized carbons (Fsp3) is 0.667. The number of carbonyl (C=O) groups is 2. The third-order valence-electron chi connectivity index (χ3n) is 7.52. The topological polar surface area (TPSA) is 134 Å². The highest BCUT2D eigenvalue weighted by molar-refractivity contribution is 5.81. The SMILES string of the molecule is N#Cc1ccc(NC2CCN(C(=O)OC3C4CC5C[C@@H]3CC(C(N)=O)(C5)C4)C2)nn1. The van der Waals surface area contributed by atoms with Gasteiger partial charge in [0.2, 0.25) is 5.91 Å². The van der Waals surface area contributed by atoms with E-state index in [0.717, 1.165) is 38.5 Å². The number of ether oxygens (including phenoxy) is 1. The van der Waals surface area contributed by atoms with Crippen molar-refractivity contribution in [3.63, 3.8) is 0 Å². The molecule has 158 valence electrons. The number of nitrogens with two attached hydrogens (primary N) is 1. The first-order valence-corrected chi connectivity index (χ1v) is 10.7. The lowest BCUT2D eigenvalue weighted by Gasteiger charge is -2.58. The van der Waals surface area contributed by atoms with Crippen molar-refractivity contribution in [2.24, 2.45) is 28.9 Å². The van der Waals surface area contributed by atoms with Gasteiger partial charge in [0.15, 0.2) is 5.69 Å². The summed E-state index contributed by atoms with van der Waals surface area (Å²) in [4.78, 5) is 26.7. The van der Waals surface area contributed by atoms with Gasteiger partial charge in [-0.3, -0.25) is 4.79 Å². The minimum Gasteiger partial charge on any atom is -0.446 e. The highest BCUT2D eigenvalue weighted by atomic mass is 16.6. The molecule has 0 spiro atoms. The number of hydrogen-bond acceptors (Lipinski definition) is 7. The maximum atomic E-state index is 12.9. The van der Waals surface area contributed by atoms with Crippen molar-refractivity contribution in [2.75, 3.05) is 18.4 Å². The summed E-state index contributed by atoms with van der Waals surface area (Å²) in [6.07, 6.45) is 4.92. The third kappa shape index (κ3) is 3.24. The van der Waals surface area contributed by atoms with Gasteiger partial charge in [-0.15, -0.1) is 10.2 Å². The van der Waals surface area contributed by atoms with Crippen LogP contribution in [0.1, 0.15) is 44.2 Å². The molecular formula is C21H26N6O3. The van der Waals surface area contributed by atoms with Gasteiger partial charge in [-0.05, 0) is 68.4 Å². The Morgan fingerprint density at radius 3 is 2.63 bits per heavy atom. The Kier molecular flexibility index (Phi) is 4.53. The van der Waals surface area contributed by atoms with E-state index in [2.05, 4.69) is 15.5 Å². The van der Waals surface area contributed by atoms with Crippen molar-refractivity contribution in [2.45, 2.75) is 50.7 Å². The molecule has 3 N–H and O–H groups in total. The molecule has 9 nitrogen and oxygen atoms in total. The Morgan fingerprint density at radius 2 is 2.00 bits per heavy atom. The Bertz CT molecular complexity index is 881. The lowest BCUT2D eigenvalue weighted by Crippen LogP contribution is -2.59. The van der Waals surface area contributed by atoms with Crippen LogP contribution in [-0.2, 0) is 9.53 Å². The zero-order chi connectivity index (χ0) is 20.9. The molecule has 4 saturated carbocycles. The molecule has 1 aromatic heterocycles. The number of amides is 2. The van der Waals surface area contributed by atoms with Crippen LogP contribution in [0, 0.1) is 34.5 Å². The number of nitrogens with one attached hydrogen (secondary N) is 1. The van der Waals surface area contributed by atoms with Gasteiger partial charge in [0.25, 0.3) is 0 Å². The quantitative estimate of drug-likeness (QED) is 0.770. The summed E-state index contributed by atoms with van der Waals surface area (Å²) in [6.45, 7) is 1.16. The number of aromatic nitrogens is 2. The number of likely N-dealkylation sites (tertiary alicyclic amines) is 1. The Morgan fingerprint density at radius 1 is 1.23 bits per heavy atom. The second kappa shape index (κ2) is 7.11. The maximum Gasteiger partial charge on any atom is 0.410 e. The molecule has 1 aliphatic heterocycles. The van der Waals surface area contributed by atoms with Gasteiger partial charge in [0.05, 0.1) is 5.41 Å². The number of anilines is 1. The van der Waals surface area contributed by atoms with Crippen molar-refractivity contribution in [1.82, 2.24) is 15.1 Å². The molecule has 2 heterocycles. The van der Waals surface area contributed by atoms with Gasteiger partial charge in [-0.2, -0.15) is 5.26 Å². The van der Waals surface area contributed by atoms with Crippen LogP contribution >= 0.6 is 0 Å². The molecule has 30 heavy (non-hydrogen) atoms. The standard InChI is InChI=1S/C21H26N6O3/c22-10-15-1-2-17(26-25-15)24-16-3-4-27(11-16)20(29)30-18-13-5-12-6-14(18)9-21(7-12,8-13)19(23)28/h1-2,12-14,16,18H,3-9,11H2,(H2,23,28)(H,24,26)/t12?,13-,14?,16?,18?,21?/m1/s1. The molecule has 0 radical (unpaired) electrons. The Balaban J connectivity index is 1.18. The van der Waals surface area contributed by atoms with Gasteiger partial charge in [-0.25, -0.2) is 4.79 Å². The summed E-state index contributed by atoms with van der Waals surface area (Å²) < 4.78 is 6.01. The van der Waals surface area contributed by atoms with E-state index < -0.39 is 0 Å². The molecule has 6 atom stereocenters. The van der Waals surface area contributed by atoms with E-state index >= 15 is 0 Å². The van der Waals surface area contributed by atoms with E-state index in [1.165, 1.54) is 0 Å². The van der Waals surface area contributed by atoms with Crippen LogP contribution in [0.3, 0.4) is 0 Å². The molecule has 1 saturated heterocycles. The number of nitrogens with zero attached hydrogens (tertiary/aromatic N) is 4. The first-order chi connectivity index (χ1) is 14.5. The number of rotatable bonds is 4. The minimum atomic E-state index is -0.371. The van der Waals surface area contributed by atoms with E-state index in [9.17, 15) is 9.59 Å². The van der Waals surface area contributed by atoms with Crippen LogP contribution in [0.4, 0.5) is 10.6 Å². The van der Waals surface area contributed by atoms with Crippen molar-refractivity contribution in [3.8, 4) is 6.07 Å². The molecule has 9 heteroatoms. The van der Waals surface area contributed by atoms with Gasteiger partial charge >= 0.3 is 6.09 Å². The van der Waals surface area contributed by atoms with Crippen molar-refractivity contribution in [3.05, 3.63) is 17.8 Å². The summed E-state index contributed by atoms with van der Waals surface area (Å²) in [5, 5.41) is 19.9. The minimum absolute atomic E-state index is 0.0661. The molecule has 5 fully saturated rings. The van der Waals surface area contributed by atoms with E-state index in [1.807, 2.05) is 6.07 Å². The summed E-state index contributed by atoms with van der Waals surface area (Å²) >= 11 is 0. The van der Waals surface area contributed by atoms with Crippen LogP contribution < -0.4 is 11.1 Å². The molecule has 6 rings (SSSR count). The smallest absolute Gasteiger partial charge is 0.410 e. The Labute approximate surface area is 174 Å². The van der Waals surface area contributed by atoms with Gasteiger partial charge < -0.3 is 20.7 Å². The number of hydrogen-bond donors (Lipinski definition) is 2. The maximum absolute atomic E-state index is 12.9. The third-order valence-corrected chi connectivity index (χ3v) is 7.52. The fourth-order valence-corrected chi connectivity index (χ4v) is 6.38. The average Bonchev–Trinajstić information content (AvgIpc) is 3.19. The zero-order valence-electron chi connectivity index (χ0n) is 16.8. The lowest BCUT2D eigenvalue weighted by atomic mass is 9.48. The highest BCUT2D eigenvalue weighted by Crippen LogP contribution is 2.60. The van der Waals surface area contributed by atoms with E-state index in [1.54, 1.807) is 17.0 Å². The lowest BCUT2D eigenvalue weighted by molar-refractivity contribution is -0.161. The molecule has 5 unspecified atom stereocenters. The van der Waals surface area contributed by atoms with Gasteiger partial charge in [0, 0.05) is 19.1 Å². The first-order valence-electron chi connectivity index (χ1n) is 10.7. The number of primary amides is 1. The second-order valence-electron chi connectivity index (χ2n) is 9.45. The zero-order valence-corrected chi connectivity index (χ0v) is 16.8. The van der Waals surface area contributed by atoms with Crippen molar-refractivity contribution >= 4 is 17.8 Å². The number of carbonyl (C=O) groups excluding carboxylic acids is 2. The fourth-order valence-electron chi connectivity index (χ4n) is 6.38. The van der Waals surface area contributed by atoms with Crippen LogP contribution in [0.15, 0.2) is 12.1 Å². The average molecular weight is 410 g/mol. The predicted octanol–water partition coefficient (Wildman–Crippen LogP) is 1.65. The van der Waals surface area contributed by atoms with Crippen molar-refractivity contribution in [1.29, 1.82) is 5.26 Å². The molecule has 0 aromatic carbocycles. The Hall–Kier alpha value is -2.89. The second-order valence-corrected chi connectivity index (χ2v) is 9.45. The summed E-state index contributed by atoms with van der Waals surface area (Å²) in [5.41, 5.74) is 5.64. The summed E-state index contributed by atoms with van der Waals surface area (Å²) in [7, 11) is 0. The normalized spacial score (nSPS) is 36.4. The monoisotopic (exact) mass is 410 g/mol. The van der Waals surface area contributed by atoms with Crippen LogP contribution in [0.25, 0.3) is 0 Å². The van der Waals surface area contributed by atoms with Gasteiger partial charge in [0.1, 0.15) is 18.0 Å². The molecule has 4 aliphatic carbocycles. The summed E-state index contributed by atoms with van der Waals surface area (Å²) in [5.74, 6) is 1.45. The van der Waals surface area contributed by atoms with E-state index in [-0.39, 0.29) is 47.1 Å².